The molecule has 3 aliphatic heterocycles. The molecule has 1 aromatic rings. The van der Waals surface area contributed by atoms with E-state index in [-0.39, 0.29) is 17.9 Å². The van der Waals surface area contributed by atoms with Crippen molar-refractivity contribution in [1.82, 2.24) is 15.3 Å². The molecule has 3 unspecified atom stereocenters. The van der Waals surface area contributed by atoms with Crippen LogP contribution in [-0.2, 0) is 14.7 Å². The van der Waals surface area contributed by atoms with Crippen LogP contribution in [0.2, 0.25) is 0 Å². The third-order valence-corrected chi connectivity index (χ3v) is 8.78. The Hall–Kier alpha value is -1.67. The van der Waals surface area contributed by atoms with Crippen LogP contribution in [0.25, 0.3) is 0 Å². The van der Waals surface area contributed by atoms with Gasteiger partial charge < -0.3 is 10.2 Å². The quantitative estimate of drug-likeness (QED) is 0.814. The van der Waals surface area contributed by atoms with Gasteiger partial charge in [-0.05, 0) is 36.6 Å². The van der Waals surface area contributed by atoms with E-state index in [0.29, 0.717) is 11.4 Å². The number of nitrogens with zero attached hydrogens (tertiary/aromatic N) is 2. The normalized spacial score (nSPS) is 30.6. The standard InChI is InChI=1S/C22H29N3O3S/c1-15(2)28-25-10-7-20-19(14-25)21-18(13-24-11-8-23-9-12-24)16-5-3-4-6-17(16)22(21)29(20,26)27/h3-7,10,15,18,21-23H,8-9,11-14H2,1-2H3. The van der Waals surface area contributed by atoms with Gasteiger partial charge in [0.1, 0.15) is 0 Å². The first-order valence-electron chi connectivity index (χ1n) is 10.6. The fraction of sp³-hybridized carbons (Fsp3) is 0.545. The Labute approximate surface area is 173 Å². The van der Waals surface area contributed by atoms with E-state index in [1.54, 1.807) is 17.3 Å². The number of sulfone groups is 1. The Morgan fingerprint density at radius 1 is 1.17 bits per heavy atom. The fourth-order valence-electron chi connectivity index (χ4n) is 5.46. The minimum Gasteiger partial charge on any atom is -0.314 e. The van der Waals surface area contributed by atoms with E-state index < -0.39 is 15.1 Å². The zero-order valence-corrected chi connectivity index (χ0v) is 17.9. The highest BCUT2D eigenvalue weighted by atomic mass is 32.2. The third kappa shape index (κ3) is 3.15. The maximum Gasteiger partial charge on any atom is 0.186 e. The van der Waals surface area contributed by atoms with Crippen molar-refractivity contribution in [3.05, 3.63) is 58.1 Å². The molecule has 1 N–H and O–H groups in total. The molecule has 0 radical (unpaired) electrons. The SMILES string of the molecule is CC(C)ON1C=CC2=C(C1)C1C(CN3CCNCC3)c3ccccc3C1S2(=O)=O. The number of benzene rings is 1. The molecule has 0 amide bonds. The molecule has 3 atom stereocenters. The van der Waals surface area contributed by atoms with Crippen molar-refractivity contribution in [2.24, 2.45) is 5.92 Å². The molecule has 1 fully saturated rings. The lowest BCUT2D eigenvalue weighted by Crippen LogP contribution is -2.45. The Bertz CT molecular complexity index is 963. The molecule has 0 saturated carbocycles. The van der Waals surface area contributed by atoms with Crippen LogP contribution in [0.4, 0.5) is 0 Å². The summed E-state index contributed by atoms with van der Waals surface area (Å²) in [6, 6.07) is 8.17. The molecule has 6 nitrogen and oxygen atoms in total. The first kappa shape index (κ1) is 19.3. The van der Waals surface area contributed by atoms with E-state index in [4.69, 9.17) is 4.84 Å². The van der Waals surface area contributed by atoms with Gasteiger partial charge in [0, 0.05) is 50.8 Å². The van der Waals surface area contributed by atoms with E-state index in [9.17, 15) is 8.42 Å². The fourth-order valence-corrected chi connectivity index (χ4v) is 7.84. The van der Waals surface area contributed by atoms with Gasteiger partial charge in [-0.15, -0.1) is 0 Å². The molecule has 0 bridgehead atoms. The molecule has 4 aliphatic rings. The molecule has 29 heavy (non-hydrogen) atoms. The first-order valence-corrected chi connectivity index (χ1v) is 12.1. The largest absolute Gasteiger partial charge is 0.314 e. The van der Waals surface area contributed by atoms with Crippen molar-refractivity contribution in [2.45, 2.75) is 31.1 Å². The zero-order chi connectivity index (χ0) is 20.2. The molecular formula is C22H29N3O3S. The average molecular weight is 416 g/mol. The summed E-state index contributed by atoms with van der Waals surface area (Å²) in [5, 5.41) is 4.75. The molecule has 156 valence electrons. The van der Waals surface area contributed by atoms with Crippen LogP contribution in [0.3, 0.4) is 0 Å². The number of rotatable bonds is 4. The van der Waals surface area contributed by atoms with Gasteiger partial charge in [0.2, 0.25) is 0 Å². The van der Waals surface area contributed by atoms with Crippen LogP contribution in [0.15, 0.2) is 47.0 Å². The number of fused-ring (bicyclic) bond motifs is 4. The van der Waals surface area contributed by atoms with Crippen molar-refractivity contribution in [1.29, 1.82) is 0 Å². The molecule has 3 heterocycles. The van der Waals surface area contributed by atoms with Gasteiger partial charge >= 0.3 is 0 Å². The Kier molecular flexibility index (Phi) is 4.81. The Morgan fingerprint density at radius 2 is 1.90 bits per heavy atom. The van der Waals surface area contributed by atoms with E-state index in [1.807, 2.05) is 32.0 Å². The summed E-state index contributed by atoms with van der Waals surface area (Å²) in [6.07, 6.45) is 3.57. The molecule has 1 aliphatic carbocycles. The van der Waals surface area contributed by atoms with Gasteiger partial charge in [0.15, 0.2) is 9.84 Å². The zero-order valence-electron chi connectivity index (χ0n) is 17.0. The molecule has 0 aromatic heterocycles. The van der Waals surface area contributed by atoms with E-state index in [2.05, 4.69) is 16.3 Å². The minimum atomic E-state index is -3.38. The number of piperazine rings is 1. The van der Waals surface area contributed by atoms with Gasteiger partial charge in [-0.2, -0.15) is 0 Å². The highest BCUT2D eigenvalue weighted by Gasteiger charge is 2.56. The summed E-state index contributed by atoms with van der Waals surface area (Å²) in [4.78, 5) is 8.88. The lowest BCUT2D eigenvalue weighted by Gasteiger charge is -2.34. The third-order valence-electron chi connectivity index (χ3n) is 6.55. The van der Waals surface area contributed by atoms with Gasteiger partial charge in [0.05, 0.1) is 22.8 Å². The maximum absolute atomic E-state index is 13.5. The Balaban J connectivity index is 1.54. The topological polar surface area (TPSA) is 61.9 Å². The smallest absolute Gasteiger partial charge is 0.186 e. The average Bonchev–Trinajstić information content (AvgIpc) is 3.14. The monoisotopic (exact) mass is 415 g/mol. The van der Waals surface area contributed by atoms with Gasteiger partial charge in [0.25, 0.3) is 0 Å². The highest BCUT2D eigenvalue weighted by molar-refractivity contribution is 7.96. The molecule has 1 saturated heterocycles. The number of hydrogen-bond acceptors (Lipinski definition) is 6. The van der Waals surface area contributed by atoms with Crippen molar-refractivity contribution >= 4 is 9.84 Å². The minimum absolute atomic E-state index is 0.00880. The lowest BCUT2D eigenvalue weighted by atomic mass is 9.84. The molecule has 1 aromatic carbocycles. The molecular weight excluding hydrogens is 386 g/mol. The summed E-state index contributed by atoms with van der Waals surface area (Å²) in [5.74, 6) is 0.189. The van der Waals surface area contributed by atoms with Crippen LogP contribution in [-0.4, -0.2) is 63.8 Å². The number of nitrogens with one attached hydrogen (secondary N) is 1. The first-order chi connectivity index (χ1) is 14.0. The summed E-state index contributed by atoms with van der Waals surface area (Å²) in [7, 11) is -3.38. The number of hydroxylamine groups is 2. The van der Waals surface area contributed by atoms with E-state index >= 15 is 0 Å². The van der Waals surface area contributed by atoms with Crippen LogP contribution >= 0.6 is 0 Å². The van der Waals surface area contributed by atoms with E-state index in [1.165, 1.54) is 5.56 Å². The van der Waals surface area contributed by atoms with Crippen molar-refractivity contribution in [3.63, 3.8) is 0 Å². The van der Waals surface area contributed by atoms with Gasteiger partial charge in [-0.25, -0.2) is 8.42 Å². The van der Waals surface area contributed by atoms with Crippen molar-refractivity contribution < 1.29 is 13.3 Å². The summed E-state index contributed by atoms with van der Waals surface area (Å²) >= 11 is 0. The van der Waals surface area contributed by atoms with Crippen molar-refractivity contribution in [2.75, 3.05) is 39.3 Å². The number of hydrogen-bond donors (Lipinski definition) is 1. The van der Waals surface area contributed by atoms with Crippen LogP contribution in [0, 0.1) is 5.92 Å². The molecule has 5 rings (SSSR count). The molecule has 0 spiro atoms. The molecule has 7 heteroatoms. The summed E-state index contributed by atoms with van der Waals surface area (Å²) < 4.78 is 27.1. The second-order valence-electron chi connectivity index (χ2n) is 8.71. The van der Waals surface area contributed by atoms with Crippen molar-refractivity contribution in [3.8, 4) is 0 Å². The van der Waals surface area contributed by atoms with Crippen LogP contribution in [0.1, 0.15) is 36.1 Å². The highest BCUT2D eigenvalue weighted by Crippen LogP contribution is 2.59. The van der Waals surface area contributed by atoms with E-state index in [0.717, 1.165) is 43.9 Å². The van der Waals surface area contributed by atoms with Gasteiger partial charge in [-0.3, -0.25) is 9.90 Å². The summed E-state index contributed by atoms with van der Waals surface area (Å²) in [6.45, 7) is 9.42. The second-order valence-corrected chi connectivity index (χ2v) is 10.7. The maximum atomic E-state index is 13.5. The van der Waals surface area contributed by atoms with Crippen LogP contribution in [0.5, 0.6) is 0 Å². The predicted octanol–water partition coefficient (Wildman–Crippen LogP) is 2.20. The van der Waals surface area contributed by atoms with Crippen LogP contribution < -0.4 is 5.32 Å². The lowest BCUT2D eigenvalue weighted by molar-refractivity contribution is -0.148. The van der Waals surface area contributed by atoms with Gasteiger partial charge in [-0.1, -0.05) is 24.3 Å². The predicted molar refractivity (Wildman–Crippen MR) is 113 cm³/mol. The Morgan fingerprint density at radius 3 is 2.62 bits per heavy atom. The summed E-state index contributed by atoms with van der Waals surface area (Å²) in [5.41, 5.74) is 3.23. The second kappa shape index (κ2) is 7.23. The number of allylic oxidation sites excluding steroid dienone is 1.